The van der Waals surface area contributed by atoms with Gasteiger partial charge in [-0.3, -0.25) is 14.4 Å². The molecular weight excluding hydrogens is 953 g/mol. The number of pyridine rings is 1. The summed E-state index contributed by atoms with van der Waals surface area (Å²) in [4.78, 5) is 41.4. The molecule has 11 nitrogen and oxygen atoms in total. The van der Waals surface area contributed by atoms with Gasteiger partial charge in [-0.25, -0.2) is 4.98 Å². The molecule has 3 aliphatic heterocycles. The Labute approximate surface area is 430 Å². The number of halogens is 3. The molecule has 0 bridgehead atoms. The number of piperidine rings is 2. The lowest BCUT2D eigenvalue weighted by Gasteiger charge is -2.23. The van der Waals surface area contributed by atoms with Gasteiger partial charge in [-0.2, -0.15) is 0 Å². The van der Waals surface area contributed by atoms with E-state index >= 15 is 0 Å². The Morgan fingerprint density at radius 2 is 1.04 bits per heavy atom. The van der Waals surface area contributed by atoms with Gasteiger partial charge in [-0.15, -0.1) is 0 Å². The number of fused-ring (bicyclic) bond motifs is 1. The summed E-state index contributed by atoms with van der Waals surface area (Å²) in [7, 11) is 1.63. The zero-order valence-electron chi connectivity index (χ0n) is 39.6. The van der Waals surface area contributed by atoms with Crippen molar-refractivity contribution in [1.29, 1.82) is 0 Å². The quantitative estimate of drug-likeness (QED) is 0.0794. The number of rotatable bonds is 10. The molecule has 6 N–H and O–H groups in total. The highest BCUT2D eigenvalue weighted by atomic mass is 35.5. The Hall–Kier alpha value is -6.31. The molecule has 10 rings (SSSR count). The Morgan fingerprint density at radius 3 is 1.54 bits per heavy atom. The maximum atomic E-state index is 12.5. The molecule has 6 aromatic carbocycles. The number of amides is 3. The van der Waals surface area contributed by atoms with Crippen LogP contribution >= 0.6 is 34.8 Å². The Kier molecular flexibility index (Phi) is 18.1. The van der Waals surface area contributed by atoms with Crippen molar-refractivity contribution >= 4 is 80.5 Å². The average Bonchev–Trinajstić information content (AvgIpc) is 3.96. The van der Waals surface area contributed by atoms with Crippen LogP contribution in [0.1, 0.15) is 97.8 Å². The molecule has 0 saturated carbocycles. The number of ether oxygens (including phenoxy) is 1. The standard InChI is InChI=1S/C21H21N3O2.C18H18Cl2N2O.C18H19ClN2O/c1-26-18-7-9-19-15(12-18)4-8-20(24-19)21(25)23-17-5-2-14(3-6-17)16-10-11-22-13-16;19-16-8-5-13(10-17(16)20)18(23)22-15-6-3-12(4-7-15)14-2-1-9-21-11-14;19-16-5-1-3-14(11-16)18(22)21-17-8-6-13(7-9-17)15-4-2-10-20-12-15/h2-9,12,16,22H,10-11,13H2,1H3,(H,23,25);3-8,10,14,21H,1-2,9,11H2,(H,22,23);1,3,5-9,11,15,20H,2,4,10,12H2,(H,21,22). The van der Waals surface area contributed by atoms with Crippen molar-refractivity contribution in [2.45, 2.75) is 49.9 Å². The van der Waals surface area contributed by atoms with Crippen molar-refractivity contribution in [3.8, 4) is 5.75 Å². The number of anilines is 3. The molecule has 14 heteroatoms. The normalized spacial score (nSPS) is 17.4. The fourth-order valence-electron chi connectivity index (χ4n) is 8.95. The maximum Gasteiger partial charge on any atom is 0.274 e. The van der Waals surface area contributed by atoms with E-state index < -0.39 is 0 Å². The molecule has 366 valence electrons. The molecule has 0 spiro atoms. The lowest BCUT2D eigenvalue weighted by molar-refractivity contribution is 0.101. The SMILES string of the molecule is COc1ccc2nc(C(=O)Nc3ccc(C4CCNC4)cc3)ccc2c1.O=C(Nc1ccc(C2CCCNC2)cc1)c1ccc(Cl)c(Cl)c1.O=C(Nc1ccc(C2CCCNC2)cc1)c1cccc(Cl)c1. The van der Waals surface area contributed by atoms with Crippen LogP contribution in [0.4, 0.5) is 17.1 Å². The van der Waals surface area contributed by atoms with Gasteiger partial charge in [0.25, 0.3) is 17.7 Å². The van der Waals surface area contributed by atoms with Gasteiger partial charge in [0.1, 0.15) is 11.4 Å². The van der Waals surface area contributed by atoms with Crippen LogP contribution in [0.2, 0.25) is 15.1 Å². The molecule has 71 heavy (non-hydrogen) atoms. The number of hydrogen-bond donors (Lipinski definition) is 6. The molecule has 3 amide bonds. The summed E-state index contributed by atoms with van der Waals surface area (Å²) in [5.41, 5.74) is 8.51. The van der Waals surface area contributed by atoms with Crippen LogP contribution < -0.4 is 36.6 Å². The fourth-order valence-corrected chi connectivity index (χ4v) is 9.44. The first-order valence-electron chi connectivity index (χ1n) is 24.1. The second kappa shape index (κ2) is 25.2. The van der Waals surface area contributed by atoms with E-state index in [2.05, 4.69) is 73.3 Å². The highest BCUT2D eigenvalue weighted by Gasteiger charge is 2.19. The summed E-state index contributed by atoms with van der Waals surface area (Å²) in [6.45, 7) is 6.38. The molecule has 3 fully saturated rings. The zero-order chi connectivity index (χ0) is 49.5. The van der Waals surface area contributed by atoms with Gasteiger partial charge < -0.3 is 36.6 Å². The summed E-state index contributed by atoms with van der Waals surface area (Å²) in [6.07, 6.45) is 6.03. The van der Waals surface area contributed by atoms with Gasteiger partial charge in [-0.05, 0) is 183 Å². The van der Waals surface area contributed by atoms with E-state index in [0.717, 1.165) is 79.4 Å². The highest BCUT2D eigenvalue weighted by Crippen LogP contribution is 2.28. The summed E-state index contributed by atoms with van der Waals surface area (Å²) < 4.78 is 5.21. The lowest BCUT2D eigenvalue weighted by atomic mass is 9.91. The molecule has 0 aliphatic carbocycles. The number of carbonyl (C=O) groups excluding carboxylic acids is 3. The first-order valence-corrected chi connectivity index (χ1v) is 25.2. The van der Waals surface area contributed by atoms with E-state index in [0.29, 0.717) is 49.6 Å². The van der Waals surface area contributed by atoms with Crippen LogP contribution in [-0.2, 0) is 0 Å². The van der Waals surface area contributed by atoms with Crippen molar-refractivity contribution in [1.82, 2.24) is 20.9 Å². The average molecular weight is 1010 g/mol. The highest BCUT2D eigenvalue weighted by molar-refractivity contribution is 6.42. The predicted octanol–water partition coefficient (Wildman–Crippen LogP) is 12.3. The Balaban J connectivity index is 0.000000143. The van der Waals surface area contributed by atoms with Gasteiger partial charge >= 0.3 is 0 Å². The smallest absolute Gasteiger partial charge is 0.274 e. The number of benzene rings is 6. The summed E-state index contributed by atoms with van der Waals surface area (Å²) in [6, 6.07) is 45.3. The van der Waals surface area contributed by atoms with Crippen molar-refractivity contribution in [2.24, 2.45) is 0 Å². The van der Waals surface area contributed by atoms with Crippen molar-refractivity contribution < 1.29 is 19.1 Å². The summed E-state index contributed by atoms with van der Waals surface area (Å²) >= 11 is 17.7. The van der Waals surface area contributed by atoms with Crippen LogP contribution in [0.15, 0.2) is 146 Å². The minimum absolute atomic E-state index is 0.144. The van der Waals surface area contributed by atoms with Crippen LogP contribution in [0.5, 0.6) is 5.75 Å². The maximum absolute atomic E-state index is 12.5. The molecule has 1 aromatic heterocycles. The van der Waals surface area contributed by atoms with E-state index in [1.165, 1.54) is 42.4 Å². The first kappa shape index (κ1) is 51.1. The zero-order valence-corrected chi connectivity index (χ0v) is 41.8. The lowest BCUT2D eigenvalue weighted by Crippen LogP contribution is -2.28. The van der Waals surface area contributed by atoms with Gasteiger partial charge in [0, 0.05) is 58.2 Å². The topological polar surface area (TPSA) is 146 Å². The molecule has 0 radical (unpaired) electrons. The molecule has 3 atom stereocenters. The molecular formula is C57H58Cl3N7O4. The molecule has 3 saturated heterocycles. The van der Waals surface area contributed by atoms with Crippen LogP contribution in [-0.4, -0.2) is 69.1 Å². The van der Waals surface area contributed by atoms with Crippen LogP contribution in [0, 0.1) is 0 Å². The van der Waals surface area contributed by atoms with E-state index in [4.69, 9.17) is 39.5 Å². The Bertz CT molecular complexity index is 2900. The summed E-state index contributed by atoms with van der Waals surface area (Å²) in [5.74, 6) is 1.92. The van der Waals surface area contributed by atoms with E-state index in [-0.39, 0.29) is 17.7 Å². The van der Waals surface area contributed by atoms with E-state index in [1.54, 1.807) is 55.6 Å². The number of hydrogen-bond acceptors (Lipinski definition) is 8. The molecule has 7 aromatic rings. The minimum atomic E-state index is -0.210. The third kappa shape index (κ3) is 14.4. The molecule has 4 heterocycles. The van der Waals surface area contributed by atoms with Gasteiger partial charge in [0.2, 0.25) is 0 Å². The number of methoxy groups -OCH3 is 1. The number of aromatic nitrogens is 1. The minimum Gasteiger partial charge on any atom is -0.497 e. The van der Waals surface area contributed by atoms with Gasteiger partial charge in [-0.1, -0.05) is 83.3 Å². The number of carbonyl (C=O) groups is 3. The Morgan fingerprint density at radius 1 is 0.521 bits per heavy atom. The molecule has 3 aliphatic rings. The number of nitrogens with zero attached hydrogens (tertiary/aromatic N) is 1. The second-order valence-corrected chi connectivity index (χ2v) is 19.1. The second-order valence-electron chi connectivity index (χ2n) is 17.9. The monoisotopic (exact) mass is 1010 g/mol. The largest absolute Gasteiger partial charge is 0.497 e. The van der Waals surface area contributed by atoms with Gasteiger partial charge in [0.05, 0.1) is 22.7 Å². The van der Waals surface area contributed by atoms with Crippen molar-refractivity contribution in [3.05, 3.63) is 194 Å². The summed E-state index contributed by atoms with van der Waals surface area (Å²) in [5, 5.41) is 21.2. The van der Waals surface area contributed by atoms with E-state index in [9.17, 15) is 14.4 Å². The van der Waals surface area contributed by atoms with Crippen LogP contribution in [0.3, 0.4) is 0 Å². The van der Waals surface area contributed by atoms with E-state index in [1.807, 2.05) is 60.7 Å². The first-order chi connectivity index (χ1) is 34.6. The van der Waals surface area contributed by atoms with Crippen molar-refractivity contribution in [3.63, 3.8) is 0 Å². The third-order valence-corrected chi connectivity index (χ3v) is 13.9. The number of nitrogens with one attached hydrogen (secondary N) is 6. The predicted molar refractivity (Wildman–Crippen MR) is 289 cm³/mol. The fraction of sp³-hybridized carbons (Fsp3) is 0.263. The third-order valence-electron chi connectivity index (χ3n) is 13.0. The van der Waals surface area contributed by atoms with Crippen LogP contribution in [0.25, 0.3) is 10.9 Å². The molecule has 3 unspecified atom stereocenters. The van der Waals surface area contributed by atoms with Gasteiger partial charge in [0.15, 0.2) is 0 Å². The van der Waals surface area contributed by atoms with Crippen molar-refractivity contribution in [2.75, 3.05) is 62.3 Å².